The van der Waals surface area contributed by atoms with Crippen LogP contribution in [0, 0.1) is 6.92 Å². The molecule has 1 rings (SSSR count). The van der Waals surface area contributed by atoms with Gasteiger partial charge in [-0.05, 0) is 26.0 Å². The van der Waals surface area contributed by atoms with Crippen molar-refractivity contribution in [2.45, 2.75) is 13.8 Å². The Kier molecular flexibility index (Phi) is 3.91. The molecule has 1 heterocycles. The van der Waals surface area contributed by atoms with Gasteiger partial charge in [-0.15, -0.1) is 0 Å². The number of aryl methyl sites for hydroxylation is 1. The number of aromatic nitrogens is 1. The monoisotopic (exact) mass is 221 g/mol. The van der Waals surface area contributed by atoms with Gasteiger partial charge >= 0.3 is 0 Å². The van der Waals surface area contributed by atoms with E-state index in [0.717, 1.165) is 17.1 Å². The number of hydrogen-bond donors (Lipinski definition) is 0. The van der Waals surface area contributed by atoms with E-state index >= 15 is 0 Å². The molecule has 4 heteroatoms. The topological polar surface area (TPSA) is 28.5 Å². The first-order valence-corrected chi connectivity index (χ1v) is 5.11. The van der Waals surface area contributed by atoms with Crippen molar-refractivity contribution in [1.29, 1.82) is 0 Å². The summed E-state index contributed by atoms with van der Waals surface area (Å²) in [6.07, 6.45) is 1.75. The lowest BCUT2D eigenvalue weighted by Crippen LogP contribution is -2.19. The minimum Gasteiger partial charge on any atom is -0.366 e. The van der Waals surface area contributed by atoms with Gasteiger partial charge in [-0.2, -0.15) is 0 Å². The fourth-order valence-corrected chi connectivity index (χ4v) is 1.16. The van der Waals surface area contributed by atoms with Crippen molar-refractivity contribution in [3.8, 4) is 0 Å². The van der Waals surface area contributed by atoms with Crippen LogP contribution in [0.4, 0.5) is 0 Å². The number of amidine groups is 1. The average molecular weight is 221 g/mol. The quantitative estimate of drug-likeness (QED) is 0.413. The number of nitrogens with zero attached hydrogens (tertiary/aromatic N) is 3. The predicted molar refractivity (Wildman–Crippen MR) is 67.5 cm³/mol. The third kappa shape index (κ3) is 3.40. The molecular weight excluding hydrogens is 206 g/mol. The van der Waals surface area contributed by atoms with Crippen LogP contribution in [-0.4, -0.2) is 34.8 Å². The van der Waals surface area contributed by atoms with Crippen molar-refractivity contribution < 1.29 is 0 Å². The smallest absolute Gasteiger partial charge is 0.136 e. The molecule has 0 bridgehead atoms. The highest BCUT2D eigenvalue weighted by Gasteiger charge is 2.01. The molecule has 0 N–H and O–H groups in total. The molecule has 0 aliphatic heterocycles. The Labute approximate surface area is 95.9 Å². The Bertz CT molecular complexity index is 379. The fourth-order valence-electron chi connectivity index (χ4n) is 0.906. The molecule has 0 saturated carbocycles. The lowest BCUT2D eigenvalue weighted by Gasteiger charge is -2.11. The van der Waals surface area contributed by atoms with Crippen LogP contribution in [0.2, 0.25) is 0 Å². The van der Waals surface area contributed by atoms with E-state index < -0.39 is 0 Å². The molecule has 80 valence electrons. The third-order valence-corrected chi connectivity index (χ3v) is 2.40. The van der Waals surface area contributed by atoms with Crippen molar-refractivity contribution in [2.24, 2.45) is 4.99 Å². The Hall–Kier alpha value is -1.29. The zero-order valence-electron chi connectivity index (χ0n) is 9.48. The molecule has 1 aromatic rings. The summed E-state index contributed by atoms with van der Waals surface area (Å²) in [5.74, 6) is 0.889. The Morgan fingerprint density at radius 3 is 2.53 bits per heavy atom. The van der Waals surface area contributed by atoms with Crippen molar-refractivity contribution in [1.82, 2.24) is 9.88 Å². The van der Waals surface area contributed by atoms with Gasteiger partial charge in [-0.3, -0.25) is 4.98 Å². The first-order valence-electron chi connectivity index (χ1n) is 4.70. The maximum absolute atomic E-state index is 5.21. The molecule has 0 spiro atoms. The Morgan fingerprint density at radius 2 is 2.07 bits per heavy atom. The number of pyridine rings is 1. The first kappa shape index (κ1) is 11.8. The summed E-state index contributed by atoms with van der Waals surface area (Å²) in [7, 11) is 3.88. The van der Waals surface area contributed by atoms with Crippen LogP contribution in [0.3, 0.4) is 0 Å². The molecule has 0 unspecified atom stereocenters. The van der Waals surface area contributed by atoms with Crippen LogP contribution in [0.5, 0.6) is 0 Å². The minimum absolute atomic E-state index is 0.578. The summed E-state index contributed by atoms with van der Waals surface area (Å²) in [5, 5.41) is 0. The van der Waals surface area contributed by atoms with Gasteiger partial charge in [0.2, 0.25) is 0 Å². The highest BCUT2D eigenvalue weighted by molar-refractivity contribution is 7.80. The highest BCUT2D eigenvalue weighted by Crippen LogP contribution is 2.03. The van der Waals surface area contributed by atoms with E-state index in [0.29, 0.717) is 4.99 Å². The lowest BCUT2D eigenvalue weighted by atomic mass is 10.2. The van der Waals surface area contributed by atoms with Crippen LogP contribution in [-0.2, 0) is 0 Å². The van der Waals surface area contributed by atoms with E-state index in [1.807, 2.05) is 45.0 Å². The summed E-state index contributed by atoms with van der Waals surface area (Å²) in [4.78, 5) is 11.0. The maximum Gasteiger partial charge on any atom is 0.136 e. The van der Waals surface area contributed by atoms with Gasteiger partial charge in [0.25, 0.3) is 0 Å². The highest BCUT2D eigenvalue weighted by atomic mass is 32.1. The van der Waals surface area contributed by atoms with Gasteiger partial charge in [-0.25, -0.2) is 4.99 Å². The summed E-state index contributed by atoms with van der Waals surface area (Å²) >= 11 is 5.21. The average Bonchev–Trinajstić information content (AvgIpc) is 2.18. The summed E-state index contributed by atoms with van der Waals surface area (Å²) in [5.41, 5.74) is 1.87. The van der Waals surface area contributed by atoms with Crippen LogP contribution in [0.15, 0.2) is 23.3 Å². The normalized spacial score (nSPS) is 11.3. The zero-order chi connectivity index (χ0) is 11.4. The van der Waals surface area contributed by atoms with E-state index in [1.165, 1.54) is 0 Å². The largest absolute Gasteiger partial charge is 0.366 e. The molecule has 1 aromatic heterocycles. The standard InChI is InChI=1S/C11H15N3S/c1-8-5-6-10(7-12-8)11(15)13-9(2)14(3)4/h5-7H,1-4H3. The molecule has 0 fully saturated rings. The van der Waals surface area contributed by atoms with Crippen LogP contribution in [0.1, 0.15) is 18.2 Å². The molecule has 0 aromatic carbocycles. The summed E-state index contributed by atoms with van der Waals surface area (Å²) in [6.45, 7) is 3.87. The first-order chi connectivity index (χ1) is 7.00. The van der Waals surface area contributed by atoms with E-state index in [4.69, 9.17) is 12.2 Å². The van der Waals surface area contributed by atoms with Gasteiger partial charge in [0, 0.05) is 31.5 Å². The van der Waals surface area contributed by atoms with E-state index in [-0.39, 0.29) is 0 Å². The van der Waals surface area contributed by atoms with Crippen LogP contribution in [0.25, 0.3) is 0 Å². The van der Waals surface area contributed by atoms with E-state index in [1.54, 1.807) is 6.20 Å². The van der Waals surface area contributed by atoms with Crippen molar-refractivity contribution in [2.75, 3.05) is 14.1 Å². The van der Waals surface area contributed by atoms with Gasteiger partial charge in [0.05, 0.1) is 0 Å². The van der Waals surface area contributed by atoms with Crippen molar-refractivity contribution in [3.05, 3.63) is 29.6 Å². The van der Waals surface area contributed by atoms with Gasteiger partial charge < -0.3 is 4.90 Å². The molecule has 0 aliphatic carbocycles. The van der Waals surface area contributed by atoms with Crippen LogP contribution < -0.4 is 0 Å². The van der Waals surface area contributed by atoms with Crippen molar-refractivity contribution in [3.63, 3.8) is 0 Å². The second-order valence-corrected chi connectivity index (χ2v) is 3.93. The molecule has 15 heavy (non-hydrogen) atoms. The molecule has 0 radical (unpaired) electrons. The van der Waals surface area contributed by atoms with E-state index in [2.05, 4.69) is 9.98 Å². The molecular formula is C11H15N3S. The van der Waals surface area contributed by atoms with E-state index in [9.17, 15) is 0 Å². The predicted octanol–water partition coefficient (Wildman–Crippen LogP) is 2.05. The Balaban J connectivity index is 2.86. The maximum atomic E-state index is 5.21. The third-order valence-electron chi connectivity index (χ3n) is 2.07. The molecule has 0 saturated heterocycles. The second kappa shape index (κ2) is 4.98. The number of rotatable bonds is 1. The molecule has 0 atom stereocenters. The van der Waals surface area contributed by atoms with Gasteiger partial charge in [0.1, 0.15) is 10.8 Å². The van der Waals surface area contributed by atoms with Crippen molar-refractivity contribution >= 4 is 23.0 Å². The molecule has 0 amide bonds. The Morgan fingerprint density at radius 1 is 1.40 bits per heavy atom. The number of aliphatic imine (C=N–C) groups is 1. The SMILES string of the molecule is CC(=NC(=S)c1ccc(C)nc1)N(C)C. The number of thiocarbonyl (C=S) groups is 1. The minimum atomic E-state index is 0.578. The molecule has 0 aliphatic rings. The molecule has 3 nitrogen and oxygen atoms in total. The lowest BCUT2D eigenvalue weighted by molar-refractivity contribution is 0.620. The fraction of sp³-hybridized carbons (Fsp3) is 0.364. The second-order valence-electron chi connectivity index (χ2n) is 3.55. The van der Waals surface area contributed by atoms with Crippen LogP contribution >= 0.6 is 12.2 Å². The summed E-state index contributed by atoms with van der Waals surface area (Å²) < 4.78 is 0. The number of hydrogen-bond acceptors (Lipinski definition) is 2. The van der Waals surface area contributed by atoms with Gasteiger partial charge in [0.15, 0.2) is 0 Å². The summed E-state index contributed by atoms with van der Waals surface area (Å²) in [6, 6.07) is 3.87. The van der Waals surface area contributed by atoms with Gasteiger partial charge in [-0.1, -0.05) is 12.2 Å². The zero-order valence-corrected chi connectivity index (χ0v) is 10.3.